The van der Waals surface area contributed by atoms with Crippen LogP contribution in [0.3, 0.4) is 0 Å². The molecule has 1 unspecified atom stereocenters. The molecule has 0 saturated heterocycles. The molecule has 1 atom stereocenters. The topological polar surface area (TPSA) is 73.3 Å². The molecule has 0 saturated carbocycles. The number of nitrogens with zero attached hydrogens (tertiary/aromatic N) is 2. The monoisotopic (exact) mass is 383 g/mol. The Labute approximate surface area is 162 Å². The van der Waals surface area contributed by atoms with Gasteiger partial charge in [-0.3, -0.25) is 10.1 Å². The lowest BCUT2D eigenvalue weighted by atomic mass is 10.2. The second kappa shape index (κ2) is 8.64. The number of rotatable bonds is 7. The van der Waals surface area contributed by atoms with Crippen LogP contribution in [0.2, 0.25) is 0 Å². The smallest absolute Gasteiger partial charge is 0.267 e. The van der Waals surface area contributed by atoms with Gasteiger partial charge in [0.05, 0.1) is 7.11 Å². The lowest BCUT2D eigenvalue weighted by Crippen LogP contribution is -2.32. The summed E-state index contributed by atoms with van der Waals surface area (Å²) in [7, 11) is 1.57. The van der Waals surface area contributed by atoms with Crippen molar-refractivity contribution in [3.8, 4) is 22.1 Å². The quantitative estimate of drug-likeness (QED) is 0.658. The van der Waals surface area contributed by atoms with Gasteiger partial charge in [0.25, 0.3) is 5.91 Å². The molecule has 0 bridgehead atoms. The van der Waals surface area contributed by atoms with E-state index in [1.165, 1.54) is 16.9 Å². The molecule has 1 heterocycles. The highest BCUT2D eigenvalue weighted by molar-refractivity contribution is 7.18. The van der Waals surface area contributed by atoms with Crippen molar-refractivity contribution < 1.29 is 14.3 Å². The highest BCUT2D eigenvalue weighted by Crippen LogP contribution is 2.29. The molecule has 1 aromatic heterocycles. The van der Waals surface area contributed by atoms with Gasteiger partial charge in [-0.15, -0.1) is 10.2 Å². The molecule has 1 amide bonds. The van der Waals surface area contributed by atoms with Crippen molar-refractivity contribution in [3.63, 3.8) is 0 Å². The van der Waals surface area contributed by atoms with Crippen LogP contribution in [0.15, 0.2) is 48.5 Å². The van der Waals surface area contributed by atoms with Gasteiger partial charge in [0, 0.05) is 5.56 Å². The van der Waals surface area contributed by atoms with Crippen LogP contribution in [-0.4, -0.2) is 29.3 Å². The van der Waals surface area contributed by atoms with E-state index in [1.807, 2.05) is 50.2 Å². The number of ether oxygens (including phenoxy) is 2. The summed E-state index contributed by atoms with van der Waals surface area (Å²) in [5.41, 5.74) is 2.15. The Kier molecular flexibility index (Phi) is 6.03. The van der Waals surface area contributed by atoms with E-state index < -0.39 is 6.10 Å². The van der Waals surface area contributed by atoms with E-state index in [9.17, 15) is 4.79 Å². The first-order valence-corrected chi connectivity index (χ1v) is 9.43. The van der Waals surface area contributed by atoms with E-state index in [4.69, 9.17) is 9.47 Å². The van der Waals surface area contributed by atoms with Gasteiger partial charge in [-0.1, -0.05) is 60.2 Å². The van der Waals surface area contributed by atoms with Crippen molar-refractivity contribution in [2.45, 2.75) is 26.4 Å². The van der Waals surface area contributed by atoms with E-state index in [2.05, 4.69) is 15.5 Å². The third kappa shape index (κ3) is 4.62. The average molecular weight is 383 g/mol. The normalized spacial score (nSPS) is 11.7. The SMILES string of the molecule is CCC(Oc1ccccc1OC)C(=O)Nc1nnc(-c2ccc(C)cc2)s1. The number of aryl methyl sites for hydroxylation is 1. The molecular weight excluding hydrogens is 362 g/mol. The van der Waals surface area contributed by atoms with Crippen molar-refractivity contribution in [1.82, 2.24) is 10.2 Å². The molecule has 0 fully saturated rings. The molecule has 2 aromatic carbocycles. The van der Waals surface area contributed by atoms with Crippen molar-refractivity contribution in [1.29, 1.82) is 0 Å². The molecule has 3 aromatic rings. The van der Waals surface area contributed by atoms with Crippen LogP contribution in [0.1, 0.15) is 18.9 Å². The molecule has 7 heteroatoms. The van der Waals surface area contributed by atoms with Crippen LogP contribution in [0.25, 0.3) is 10.6 Å². The fourth-order valence-corrected chi connectivity index (χ4v) is 3.22. The van der Waals surface area contributed by atoms with E-state index >= 15 is 0 Å². The van der Waals surface area contributed by atoms with Crippen LogP contribution in [0, 0.1) is 6.92 Å². The average Bonchev–Trinajstić information content (AvgIpc) is 3.15. The number of para-hydroxylation sites is 2. The maximum atomic E-state index is 12.6. The largest absolute Gasteiger partial charge is 0.493 e. The van der Waals surface area contributed by atoms with Crippen LogP contribution in [0.4, 0.5) is 5.13 Å². The van der Waals surface area contributed by atoms with Crippen molar-refractivity contribution in [2.75, 3.05) is 12.4 Å². The molecular formula is C20H21N3O3S. The number of aromatic nitrogens is 2. The molecule has 0 aliphatic carbocycles. The molecule has 0 aliphatic heterocycles. The number of carbonyl (C=O) groups is 1. The van der Waals surface area contributed by atoms with Crippen molar-refractivity contribution >= 4 is 22.4 Å². The fourth-order valence-electron chi connectivity index (χ4n) is 2.46. The van der Waals surface area contributed by atoms with E-state index in [0.29, 0.717) is 23.1 Å². The predicted molar refractivity (Wildman–Crippen MR) is 106 cm³/mol. The van der Waals surface area contributed by atoms with Gasteiger partial charge in [0.1, 0.15) is 5.01 Å². The van der Waals surface area contributed by atoms with Crippen LogP contribution < -0.4 is 14.8 Å². The molecule has 3 rings (SSSR count). The summed E-state index contributed by atoms with van der Waals surface area (Å²) >= 11 is 1.33. The Balaban J connectivity index is 1.69. The second-order valence-electron chi connectivity index (χ2n) is 5.93. The third-order valence-corrected chi connectivity index (χ3v) is 4.84. The van der Waals surface area contributed by atoms with Gasteiger partial charge < -0.3 is 9.47 Å². The first-order valence-electron chi connectivity index (χ1n) is 8.61. The maximum Gasteiger partial charge on any atom is 0.267 e. The van der Waals surface area contributed by atoms with Crippen LogP contribution in [-0.2, 0) is 4.79 Å². The minimum Gasteiger partial charge on any atom is -0.493 e. The summed E-state index contributed by atoms with van der Waals surface area (Å²) in [6.07, 6.45) is -0.152. The number of carbonyl (C=O) groups excluding carboxylic acids is 1. The lowest BCUT2D eigenvalue weighted by Gasteiger charge is -2.18. The van der Waals surface area contributed by atoms with Gasteiger partial charge in [-0.25, -0.2) is 0 Å². The van der Waals surface area contributed by atoms with Gasteiger partial charge in [-0.05, 0) is 25.5 Å². The summed E-state index contributed by atoms with van der Waals surface area (Å²) in [4.78, 5) is 12.6. The fraction of sp³-hybridized carbons (Fsp3) is 0.250. The molecule has 0 aliphatic rings. The zero-order valence-corrected chi connectivity index (χ0v) is 16.2. The van der Waals surface area contributed by atoms with Crippen molar-refractivity contribution in [3.05, 3.63) is 54.1 Å². The lowest BCUT2D eigenvalue weighted by molar-refractivity contribution is -0.122. The number of nitrogens with one attached hydrogen (secondary N) is 1. The minimum atomic E-state index is -0.659. The first-order chi connectivity index (χ1) is 13.1. The van der Waals surface area contributed by atoms with Gasteiger partial charge >= 0.3 is 0 Å². The first kappa shape index (κ1) is 18.8. The molecule has 0 radical (unpaired) electrons. The van der Waals surface area contributed by atoms with Crippen LogP contribution >= 0.6 is 11.3 Å². The maximum absolute atomic E-state index is 12.6. The number of benzene rings is 2. The van der Waals surface area contributed by atoms with E-state index in [-0.39, 0.29) is 5.91 Å². The molecule has 27 heavy (non-hydrogen) atoms. The predicted octanol–water partition coefficient (Wildman–Crippen LogP) is 4.32. The third-order valence-electron chi connectivity index (χ3n) is 3.96. The molecule has 140 valence electrons. The Bertz CT molecular complexity index is 909. The summed E-state index contributed by atoms with van der Waals surface area (Å²) in [5, 5.41) is 12.2. The zero-order chi connectivity index (χ0) is 19.2. The highest BCUT2D eigenvalue weighted by Gasteiger charge is 2.21. The summed E-state index contributed by atoms with van der Waals surface area (Å²) < 4.78 is 11.1. The van der Waals surface area contributed by atoms with E-state index in [0.717, 1.165) is 10.6 Å². The number of amides is 1. The van der Waals surface area contributed by atoms with Gasteiger partial charge in [-0.2, -0.15) is 0 Å². The number of methoxy groups -OCH3 is 1. The zero-order valence-electron chi connectivity index (χ0n) is 15.4. The van der Waals surface area contributed by atoms with Crippen LogP contribution in [0.5, 0.6) is 11.5 Å². The Hall–Kier alpha value is -2.93. The number of anilines is 1. The Morgan fingerprint density at radius 2 is 1.81 bits per heavy atom. The van der Waals surface area contributed by atoms with Gasteiger partial charge in [0.2, 0.25) is 5.13 Å². The Morgan fingerprint density at radius 3 is 2.48 bits per heavy atom. The number of hydrogen-bond acceptors (Lipinski definition) is 6. The molecule has 0 spiro atoms. The van der Waals surface area contributed by atoms with E-state index in [1.54, 1.807) is 19.2 Å². The van der Waals surface area contributed by atoms with Gasteiger partial charge in [0.15, 0.2) is 17.6 Å². The molecule has 1 N–H and O–H groups in total. The highest BCUT2D eigenvalue weighted by atomic mass is 32.1. The summed E-state index contributed by atoms with van der Waals surface area (Å²) in [6, 6.07) is 15.3. The molecule has 6 nitrogen and oxygen atoms in total. The standard InChI is InChI=1S/C20H21N3O3S/c1-4-15(26-17-8-6-5-7-16(17)25-3)18(24)21-20-23-22-19(27-20)14-11-9-13(2)10-12-14/h5-12,15H,4H2,1-3H3,(H,21,23,24). The Morgan fingerprint density at radius 1 is 1.11 bits per heavy atom. The summed E-state index contributed by atoms with van der Waals surface area (Å²) in [5.74, 6) is 0.843. The second-order valence-corrected chi connectivity index (χ2v) is 6.91. The summed E-state index contributed by atoms with van der Waals surface area (Å²) in [6.45, 7) is 3.92. The minimum absolute atomic E-state index is 0.269. The number of hydrogen-bond donors (Lipinski definition) is 1. The van der Waals surface area contributed by atoms with Crippen molar-refractivity contribution in [2.24, 2.45) is 0 Å².